The highest BCUT2D eigenvalue weighted by atomic mass is 35.5. The number of carboxylic acid groups (broad SMARTS) is 1. The van der Waals surface area contributed by atoms with Gasteiger partial charge in [0.05, 0.1) is 5.56 Å². The minimum Gasteiger partial charge on any atom is -0.478 e. The van der Waals surface area contributed by atoms with Gasteiger partial charge in [-0.15, -0.1) is 0 Å². The number of rotatable bonds is 1. The minimum atomic E-state index is -1.01. The standard InChI is InChI=1S/C7H4BClO2/c8-5-3-4(7(10)11)1-2-6(5)9/h1-3H,(H,10,11). The first-order chi connectivity index (χ1) is 5.11. The molecule has 0 amide bonds. The molecular formula is C7H4BClO2. The normalized spacial score (nSPS) is 9.55. The van der Waals surface area contributed by atoms with Crippen molar-refractivity contribution in [2.45, 2.75) is 0 Å². The maximum absolute atomic E-state index is 10.4. The molecule has 0 bridgehead atoms. The number of benzene rings is 1. The van der Waals surface area contributed by atoms with Crippen molar-refractivity contribution in [3.8, 4) is 0 Å². The molecule has 2 radical (unpaired) electrons. The van der Waals surface area contributed by atoms with Gasteiger partial charge in [-0.05, 0) is 12.1 Å². The Kier molecular flexibility index (Phi) is 2.20. The van der Waals surface area contributed by atoms with Gasteiger partial charge >= 0.3 is 5.97 Å². The van der Waals surface area contributed by atoms with E-state index in [1.165, 1.54) is 18.2 Å². The largest absolute Gasteiger partial charge is 0.478 e. The van der Waals surface area contributed by atoms with E-state index in [4.69, 9.17) is 24.6 Å². The molecule has 0 saturated heterocycles. The smallest absolute Gasteiger partial charge is 0.335 e. The van der Waals surface area contributed by atoms with E-state index in [-0.39, 0.29) is 11.0 Å². The Balaban J connectivity index is 3.15. The van der Waals surface area contributed by atoms with Crippen molar-refractivity contribution >= 4 is 30.9 Å². The topological polar surface area (TPSA) is 37.3 Å². The summed E-state index contributed by atoms with van der Waals surface area (Å²) in [5.74, 6) is -1.01. The highest BCUT2D eigenvalue weighted by Crippen LogP contribution is 2.05. The molecule has 0 atom stereocenters. The van der Waals surface area contributed by atoms with Crippen molar-refractivity contribution in [1.82, 2.24) is 0 Å². The van der Waals surface area contributed by atoms with E-state index >= 15 is 0 Å². The molecule has 0 aliphatic rings. The third kappa shape index (κ3) is 1.74. The quantitative estimate of drug-likeness (QED) is 0.628. The zero-order valence-electron chi connectivity index (χ0n) is 5.54. The van der Waals surface area contributed by atoms with Gasteiger partial charge in [-0.25, -0.2) is 4.79 Å². The van der Waals surface area contributed by atoms with Crippen LogP contribution in [0.25, 0.3) is 0 Å². The Morgan fingerprint density at radius 1 is 1.55 bits per heavy atom. The van der Waals surface area contributed by atoms with Crippen LogP contribution in [-0.2, 0) is 0 Å². The lowest BCUT2D eigenvalue weighted by atomic mass is 9.94. The lowest BCUT2D eigenvalue weighted by Crippen LogP contribution is -2.07. The van der Waals surface area contributed by atoms with Gasteiger partial charge in [0.1, 0.15) is 7.85 Å². The van der Waals surface area contributed by atoms with Gasteiger partial charge < -0.3 is 5.11 Å². The second kappa shape index (κ2) is 2.97. The second-order valence-electron chi connectivity index (χ2n) is 2.04. The van der Waals surface area contributed by atoms with E-state index in [0.717, 1.165) is 0 Å². The summed E-state index contributed by atoms with van der Waals surface area (Å²) in [6.07, 6.45) is 0. The summed E-state index contributed by atoms with van der Waals surface area (Å²) < 4.78 is 0. The van der Waals surface area contributed by atoms with E-state index in [0.29, 0.717) is 5.02 Å². The highest BCUT2D eigenvalue weighted by Gasteiger charge is 2.02. The van der Waals surface area contributed by atoms with Crippen LogP contribution >= 0.6 is 11.6 Å². The van der Waals surface area contributed by atoms with Gasteiger partial charge in [0.25, 0.3) is 0 Å². The number of hydrogen-bond donors (Lipinski definition) is 1. The molecule has 54 valence electrons. The number of hydrogen-bond acceptors (Lipinski definition) is 1. The molecule has 0 saturated carbocycles. The maximum Gasteiger partial charge on any atom is 0.335 e. The van der Waals surface area contributed by atoms with Crippen molar-refractivity contribution in [3.63, 3.8) is 0 Å². The zero-order chi connectivity index (χ0) is 8.43. The van der Waals surface area contributed by atoms with Gasteiger partial charge in [0, 0.05) is 5.02 Å². The summed E-state index contributed by atoms with van der Waals surface area (Å²) in [4.78, 5) is 10.4. The third-order valence-electron chi connectivity index (χ3n) is 1.24. The lowest BCUT2D eigenvalue weighted by molar-refractivity contribution is 0.0697. The van der Waals surface area contributed by atoms with Crippen LogP contribution in [0.2, 0.25) is 5.02 Å². The van der Waals surface area contributed by atoms with Crippen molar-refractivity contribution in [2.75, 3.05) is 0 Å². The maximum atomic E-state index is 10.4. The lowest BCUT2D eigenvalue weighted by Gasteiger charge is -1.98. The fraction of sp³-hybridized carbons (Fsp3) is 0. The average Bonchev–Trinajstić information content (AvgIpc) is 1.94. The van der Waals surface area contributed by atoms with Crippen LogP contribution in [0, 0.1) is 0 Å². The van der Waals surface area contributed by atoms with E-state index in [1.807, 2.05) is 0 Å². The molecule has 1 N–H and O–H groups in total. The monoisotopic (exact) mass is 166 g/mol. The fourth-order valence-electron chi connectivity index (χ4n) is 0.677. The summed E-state index contributed by atoms with van der Waals surface area (Å²) in [6, 6.07) is 4.19. The molecular weight excluding hydrogens is 162 g/mol. The number of carbonyl (C=O) groups is 1. The van der Waals surface area contributed by atoms with Crippen molar-refractivity contribution < 1.29 is 9.90 Å². The second-order valence-corrected chi connectivity index (χ2v) is 2.45. The van der Waals surface area contributed by atoms with Crippen LogP contribution in [-0.4, -0.2) is 18.9 Å². The van der Waals surface area contributed by atoms with Crippen molar-refractivity contribution in [2.24, 2.45) is 0 Å². The zero-order valence-corrected chi connectivity index (χ0v) is 6.30. The van der Waals surface area contributed by atoms with Gasteiger partial charge in [-0.2, -0.15) is 0 Å². The highest BCUT2D eigenvalue weighted by molar-refractivity contribution is 6.45. The molecule has 0 fully saturated rings. The van der Waals surface area contributed by atoms with Crippen LogP contribution in [0.3, 0.4) is 0 Å². The van der Waals surface area contributed by atoms with E-state index in [1.54, 1.807) is 0 Å². The van der Waals surface area contributed by atoms with Gasteiger partial charge in [0.15, 0.2) is 0 Å². The molecule has 0 aliphatic heterocycles. The van der Waals surface area contributed by atoms with Crippen molar-refractivity contribution in [3.05, 3.63) is 28.8 Å². The molecule has 0 aliphatic carbocycles. The summed E-state index contributed by atoms with van der Waals surface area (Å²) >= 11 is 5.57. The number of carboxylic acids is 1. The molecule has 0 spiro atoms. The Bertz CT molecular complexity index is 298. The van der Waals surface area contributed by atoms with Gasteiger partial charge in [-0.1, -0.05) is 23.1 Å². The Morgan fingerprint density at radius 3 is 2.64 bits per heavy atom. The summed E-state index contributed by atoms with van der Waals surface area (Å²) in [5.41, 5.74) is 0.429. The summed E-state index contributed by atoms with van der Waals surface area (Å²) in [5, 5.41) is 8.87. The molecule has 0 aromatic heterocycles. The molecule has 1 rings (SSSR count). The predicted octanol–water partition coefficient (Wildman–Crippen LogP) is 0.832. The van der Waals surface area contributed by atoms with Crippen LogP contribution in [0.4, 0.5) is 0 Å². The first-order valence-electron chi connectivity index (χ1n) is 2.89. The van der Waals surface area contributed by atoms with Gasteiger partial charge in [0.2, 0.25) is 0 Å². The van der Waals surface area contributed by atoms with E-state index in [9.17, 15) is 4.79 Å². The van der Waals surface area contributed by atoms with Gasteiger partial charge in [-0.3, -0.25) is 0 Å². The average molecular weight is 166 g/mol. The SMILES string of the molecule is [B]c1cc(C(=O)O)ccc1Cl. The molecule has 0 unspecified atom stereocenters. The van der Waals surface area contributed by atoms with E-state index in [2.05, 4.69) is 0 Å². The first kappa shape index (κ1) is 8.14. The Hall–Kier alpha value is -0.955. The molecule has 0 heterocycles. The summed E-state index contributed by atoms with van der Waals surface area (Å²) in [6.45, 7) is 0. The minimum absolute atomic E-state index is 0.145. The Morgan fingerprint density at radius 2 is 2.18 bits per heavy atom. The molecule has 1 aromatic carbocycles. The van der Waals surface area contributed by atoms with Crippen LogP contribution < -0.4 is 5.46 Å². The van der Waals surface area contributed by atoms with E-state index < -0.39 is 5.97 Å². The summed E-state index contributed by atoms with van der Waals surface area (Å²) in [7, 11) is 5.36. The van der Waals surface area contributed by atoms with Crippen LogP contribution in [0.5, 0.6) is 0 Å². The van der Waals surface area contributed by atoms with Crippen LogP contribution in [0.15, 0.2) is 18.2 Å². The number of halogens is 1. The molecule has 2 nitrogen and oxygen atoms in total. The fourth-order valence-corrected chi connectivity index (χ4v) is 0.794. The number of aromatic carboxylic acids is 1. The molecule has 11 heavy (non-hydrogen) atoms. The van der Waals surface area contributed by atoms with Crippen LogP contribution in [0.1, 0.15) is 10.4 Å². The van der Waals surface area contributed by atoms with Crippen molar-refractivity contribution in [1.29, 1.82) is 0 Å². The third-order valence-corrected chi connectivity index (χ3v) is 1.59. The first-order valence-corrected chi connectivity index (χ1v) is 3.27. The predicted molar refractivity (Wildman–Crippen MR) is 43.8 cm³/mol. The molecule has 4 heteroatoms. The molecule has 1 aromatic rings. The Labute approximate surface area is 70.2 Å².